The summed E-state index contributed by atoms with van der Waals surface area (Å²) in [6.45, 7) is 5.49. The van der Waals surface area contributed by atoms with Crippen molar-refractivity contribution < 1.29 is 4.39 Å². The van der Waals surface area contributed by atoms with Crippen molar-refractivity contribution in [3.05, 3.63) is 24.0 Å². The van der Waals surface area contributed by atoms with E-state index in [0.29, 0.717) is 5.69 Å². The number of nitrogens with one attached hydrogen (secondary N) is 1. The number of nitrogens with two attached hydrogens (primary N) is 1. The highest BCUT2D eigenvalue weighted by molar-refractivity contribution is 5.65. The largest absolute Gasteiger partial charge is 0.397 e. The number of hydrogen-bond donors (Lipinski definition) is 2. The second-order valence-corrected chi connectivity index (χ2v) is 6.06. The molecule has 0 atom stereocenters. The molecule has 1 aromatic rings. The zero-order valence-electron chi connectivity index (χ0n) is 11.3. The molecule has 3 N–H and O–H groups in total. The van der Waals surface area contributed by atoms with Crippen LogP contribution in [-0.4, -0.2) is 6.54 Å². The molecular formula is C15H23FN2. The molecule has 0 spiro atoms. The van der Waals surface area contributed by atoms with Gasteiger partial charge >= 0.3 is 0 Å². The maximum atomic E-state index is 13.0. The fourth-order valence-electron chi connectivity index (χ4n) is 2.87. The van der Waals surface area contributed by atoms with Crippen LogP contribution < -0.4 is 11.1 Å². The van der Waals surface area contributed by atoms with Gasteiger partial charge in [0.1, 0.15) is 5.82 Å². The summed E-state index contributed by atoms with van der Waals surface area (Å²) in [5, 5.41) is 3.37. The zero-order valence-corrected chi connectivity index (χ0v) is 11.3. The van der Waals surface area contributed by atoms with Gasteiger partial charge in [-0.1, -0.05) is 26.7 Å². The van der Waals surface area contributed by atoms with Gasteiger partial charge in [-0.05, 0) is 42.4 Å². The van der Waals surface area contributed by atoms with E-state index in [9.17, 15) is 4.39 Å². The van der Waals surface area contributed by atoms with E-state index in [1.807, 2.05) is 0 Å². The van der Waals surface area contributed by atoms with Gasteiger partial charge in [0.2, 0.25) is 0 Å². The third-order valence-corrected chi connectivity index (χ3v) is 4.21. The molecule has 2 nitrogen and oxygen atoms in total. The molecule has 0 unspecified atom stereocenters. The van der Waals surface area contributed by atoms with Crippen LogP contribution in [0.15, 0.2) is 18.2 Å². The second kappa shape index (κ2) is 5.17. The Morgan fingerprint density at radius 1 is 1.33 bits per heavy atom. The molecular weight excluding hydrogens is 227 g/mol. The van der Waals surface area contributed by atoms with E-state index in [4.69, 9.17) is 5.73 Å². The van der Waals surface area contributed by atoms with Crippen LogP contribution >= 0.6 is 0 Å². The van der Waals surface area contributed by atoms with E-state index in [0.717, 1.165) is 18.2 Å². The number of halogens is 1. The molecule has 1 aliphatic carbocycles. The smallest absolute Gasteiger partial charge is 0.125 e. The Labute approximate surface area is 109 Å². The van der Waals surface area contributed by atoms with Gasteiger partial charge < -0.3 is 11.1 Å². The van der Waals surface area contributed by atoms with E-state index in [-0.39, 0.29) is 11.2 Å². The molecule has 1 aromatic carbocycles. The monoisotopic (exact) mass is 250 g/mol. The highest BCUT2D eigenvalue weighted by Gasteiger charge is 2.31. The third-order valence-electron chi connectivity index (χ3n) is 4.21. The van der Waals surface area contributed by atoms with Crippen molar-refractivity contribution in [3.8, 4) is 0 Å². The first kappa shape index (κ1) is 13.2. The molecule has 0 radical (unpaired) electrons. The lowest BCUT2D eigenvalue weighted by Crippen LogP contribution is -2.30. The van der Waals surface area contributed by atoms with Crippen molar-refractivity contribution >= 4 is 11.4 Å². The zero-order chi connectivity index (χ0) is 13.2. The normalized spacial score (nSPS) is 17.1. The summed E-state index contributed by atoms with van der Waals surface area (Å²) < 4.78 is 13.0. The van der Waals surface area contributed by atoms with Crippen molar-refractivity contribution in [1.82, 2.24) is 0 Å². The van der Waals surface area contributed by atoms with Crippen LogP contribution in [0, 0.1) is 17.2 Å². The lowest BCUT2D eigenvalue weighted by Gasteiger charge is -2.32. The fraction of sp³-hybridized carbons (Fsp3) is 0.600. The van der Waals surface area contributed by atoms with Gasteiger partial charge in [-0.25, -0.2) is 4.39 Å². The Balaban J connectivity index is 1.97. The van der Waals surface area contributed by atoms with E-state index in [1.54, 1.807) is 6.07 Å². The summed E-state index contributed by atoms with van der Waals surface area (Å²) in [6.07, 6.45) is 5.36. The highest BCUT2D eigenvalue weighted by atomic mass is 19.1. The lowest BCUT2D eigenvalue weighted by molar-refractivity contribution is 0.234. The molecule has 0 aliphatic heterocycles. The van der Waals surface area contributed by atoms with Gasteiger partial charge in [-0.15, -0.1) is 0 Å². The predicted molar refractivity (Wildman–Crippen MR) is 75.0 cm³/mol. The minimum Gasteiger partial charge on any atom is -0.397 e. The summed E-state index contributed by atoms with van der Waals surface area (Å²) in [6, 6.07) is 4.53. The molecule has 1 fully saturated rings. The first-order valence-electron chi connectivity index (χ1n) is 6.78. The van der Waals surface area contributed by atoms with Gasteiger partial charge in [0.15, 0.2) is 0 Å². The molecule has 100 valence electrons. The topological polar surface area (TPSA) is 38.0 Å². The summed E-state index contributed by atoms with van der Waals surface area (Å²) in [4.78, 5) is 0. The number of hydrogen-bond acceptors (Lipinski definition) is 2. The number of nitrogen functional groups attached to an aromatic ring is 1. The van der Waals surface area contributed by atoms with Crippen LogP contribution in [-0.2, 0) is 0 Å². The molecule has 0 saturated heterocycles. The van der Waals surface area contributed by atoms with Crippen LogP contribution in [0.5, 0.6) is 0 Å². The molecule has 0 amide bonds. The molecule has 18 heavy (non-hydrogen) atoms. The average Bonchev–Trinajstić information content (AvgIpc) is 2.82. The molecule has 1 saturated carbocycles. The van der Waals surface area contributed by atoms with E-state index >= 15 is 0 Å². The van der Waals surface area contributed by atoms with E-state index < -0.39 is 0 Å². The minimum atomic E-state index is -0.284. The maximum Gasteiger partial charge on any atom is 0.125 e. The Morgan fingerprint density at radius 3 is 2.61 bits per heavy atom. The minimum absolute atomic E-state index is 0.261. The summed E-state index contributed by atoms with van der Waals surface area (Å²) in [5.41, 5.74) is 7.38. The van der Waals surface area contributed by atoms with Crippen molar-refractivity contribution in [3.63, 3.8) is 0 Å². The molecule has 1 aliphatic rings. The van der Waals surface area contributed by atoms with E-state index in [1.165, 1.54) is 37.8 Å². The quantitative estimate of drug-likeness (QED) is 0.792. The average molecular weight is 250 g/mol. The fourth-order valence-corrected chi connectivity index (χ4v) is 2.87. The number of rotatable bonds is 4. The summed E-state index contributed by atoms with van der Waals surface area (Å²) in [5.74, 6) is 0.500. The van der Waals surface area contributed by atoms with Crippen LogP contribution in [0.4, 0.5) is 15.8 Å². The number of benzene rings is 1. The van der Waals surface area contributed by atoms with Crippen LogP contribution in [0.3, 0.4) is 0 Å². The second-order valence-electron chi connectivity index (χ2n) is 6.06. The Morgan fingerprint density at radius 2 is 2.00 bits per heavy atom. The van der Waals surface area contributed by atoms with Gasteiger partial charge in [-0.2, -0.15) is 0 Å². The third kappa shape index (κ3) is 2.95. The van der Waals surface area contributed by atoms with Gasteiger partial charge in [0.05, 0.1) is 11.4 Å². The predicted octanol–water partition coefficient (Wildman–Crippen LogP) is 4.04. The first-order chi connectivity index (χ1) is 8.49. The summed E-state index contributed by atoms with van der Waals surface area (Å²) in [7, 11) is 0. The van der Waals surface area contributed by atoms with Crippen molar-refractivity contribution in [1.29, 1.82) is 0 Å². The van der Waals surface area contributed by atoms with Crippen molar-refractivity contribution in [2.75, 3.05) is 17.6 Å². The lowest BCUT2D eigenvalue weighted by atomic mass is 9.77. The van der Waals surface area contributed by atoms with Crippen LogP contribution in [0.1, 0.15) is 39.5 Å². The van der Waals surface area contributed by atoms with Gasteiger partial charge in [-0.3, -0.25) is 0 Å². The maximum absolute atomic E-state index is 13.0. The van der Waals surface area contributed by atoms with Crippen LogP contribution in [0.2, 0.25) is 0 Å². The van der Waals surface area contributed by atoms with Gasteiger partial charge in [0.25, 0.3) is 0 Å². The molecule has 0 heterocycles. The molecule has 3 heteroatoms. The Kier molecular flexibility index (Phi) is 3.79. The summed E-state index contributed by atoms with van der Waals surface area (Å²) >= 11 is 0. The standard InChI is InChI=1S/C15H23FN2/c1-15(2,11-5-3-4-6-11)10-18-14-8-7-12(16)9-13(14)17/h7-9,11,18H,3-6,10,17H2,1-2H3. The highest BCUT2D eigenvalue weighted by Crippen LogP contribution is 2.39. The Bertz CT molecular complexity index is 409. The van der Waals surface area contributed by atoms with Crippen molar-refractivity contribution in [2.45, 2.75) is 39.5 Å². The molecule has 0 bridgehead atoms. The van der Waals surface area contributed by atoms with E-state index in [2.05, 4.69) is 19.2 Å². The SMILES string of the molecule is CC(C)(CNc1ccc(F)cc1N)C1CCCC1. The first-order valence-corrected chi connectivity index (χ1v) is 6.78. The van der Waals surface area contributed by atoms with Gasteiger partial charge in [0, 0.05) is 6.54 Å². The Hall–Kier alpha value is -1.25. The number of anilines is 2. The molecule has 2 rings (SSSR count). The van der Waals surface area contributed by atoms with Crippen LogP contribution in [0.25, 0.3) is 0 Å². The molecule has 0 aromatic heterocycles. The van der Waals surface area contributed by atoms with Crippen molar-refractivity contribution in [2.24, 2.45) is 11.3 Å².